The minimum Gasteiger partial charge on any atom is -0.397 e. The lowest BCUT2D eigenvalue weighted by Crippen LogP contribution is -2.36. The Balaban J connectivity index is 2.20. The number of anilines is 3. The molecule has 4 heteroatoms. The molecule has 0 aliphatic carbocycles. The lowest BCUT2D eigenvalue weighted by Gasteiger charge is -2.29. The molecular weight excluding hydrogens is 202 g/mol. The number of nitrogen functional groups attached to an aromatic ring is 2. The van der Waals surface area contributed by atoms with Crippen molar-refractivity contribution in [1.29, 1.82) is 0 Å². The van der Waals surface area contributed by atoms with Crippen LogP contribution in [0.1, 0.15) is 13.3 Å². The number of nitrogens with zero attached hydrogens (tertiary/aromatic N) is 1. The second-order valence-corrected chi connectivity index (χ2v) is 4.36. The molecule has 1 saturated heterocycles. The van der Waals surface area contributed by atoms with Crippen molar-refractivity contribution in [3.05, 3.63) is 18.2 Å². The molecule has 0 aromatic heterocycles. The molecule has 2 rings (SSSR count). The SMILES string of the molecule is CC1OCCC1N(C)c1ccc(N)c(N)c1. The summed E-state index contributed by atoms with van der Waals surface area (Å²) in [5, 5.41) is 0. The Labute approximate surface area is 96.2 Å². The molecule has 1 aliphatic heterocycles. The Morgan fingerprint density at radius 1 is 1.31 bits per heavy atom. The number of ether oxygens (including phenoxy) is 1. The smallest absolute Gasteiger partial charge is 0.0750 e. The molecular formula is C12H19N3O. The first-order valence-electron chi connectivity index (χ1n) is 5.59. The first-order chi connectivity index (χ1) is 7.59. The third-order valence-electron chi connectivity index (χ3n) is 3.31. The normalized spacial score (nSPS) is 24.6. The molecule has 0 spiro atoms. The molecule has 88 valence electrons. The summed E-state index contributed by atoms with van der Waals surface area (Å²) in [5.74, 6) is 0. The van der Waals surface area contributed by atoms with Crippen LogP contribution in [0.2, 0.25) is 0 Å². The van der Waals surface area contributed by atoms with E-state index in [2.05, 4.69) is 18.9 Å². The maximum atomic E-state index is 5.81. The van der Waals surface area contributed by atoms with Gasteiger partial charge < -0.3 is 21.1 Å². The van der Waals surface area contributed by atoms with Gasteiger partial charge in [-0.15, -0.1) is 0 Å². The van der Waals surface area contributed by atoms with Crippen LogP contribution in [0.15, 0.2) is 18.2 Å². The van der Waals surface area contributed by atoms with Gasteiger partial charge in [-0.05, 0) is 31.5 Å². The molecule has 1 aromatic carbocycles. The molecule has 2 unspecified atom stereocenters. The molecule has 4 N–H and O–H groups in total. The van der Waals surface area contributed by atoms with Gasteiger partial charge in [0, 0.05) is 19.3 Å². The van der Waals surface area contributed by atoms with Crippen molar-refractivity contribution in [3.63, 3.8) is 0 Å². The largest absolute Gasteiger partial charge is 0.397 e. The van der Waals surface area contributed by atoms with Crippen LogP contribution in [-0.2, 0) is 4.74 Å². The van der Waals surface area contributed by atoms with Crippen LogP contribution >= 0.6 is 0 Å². The highest BCUT2D eigenvalue weighted by atomic mass is 16.5. The van der Waals surface area contributed by atoms with Crippen molar-refractivity contribution in [2.75, 3.05) is 30.0 Å². The molecule has 0 bridgehead atoms. The molecule has 0 saturated carbocycles. The van der Waals surface area contributed by atoms with Gasteiger partial charge in [-0.3, -0.25) is 0 Å². The van der Waals surface area contributed by atoms with Crippen molar-refractivity contribution in [1.82, 2.24) is 0 Å². The van der Waals surface area contributed by atoms with Gasteiger partial charge in [0.15, 0.2) is 0 Å². The van der Waals surface area contributed by atoms with E-state index < -0.39 is 0 Å². The van der Waals surface area contributed by atoms with E-state index in [0.29, 0.717) is 17.4 Å². The molecule has 1 aromatic rings. The third-order valence-corrected chi connectivity index (χ3v) is 3.31. The second-order valence-electron chi connectivity index (χ2n) is 4.36. The van der Waals surface area contributed by atoms with Gasteiger partial charge in [0.05, 0.1) is 23.5 Å². The average molecular weight is 221 g/mol. The van der Waals surface area contributed by atoms with Crippen LogP contribution < -0.4 is 16.4 Å². The predicted octanol–water partition coefficient (Wildman–Crippen LogP) is 1.46. The van der Waals surface area contributed by atoms with Gasteiger partial charge in [0.1, 0.15) is 0 Å². The number of likely N-dealkylation sites (N-methyl/N-ethyl adjacent to an activating group) is 1. The predicted molar refractivity (Wildman–Crippen MR) is 67.5 cm³/mol. The number of benzene rings is 1. The van der Waals surface area contributed by atoms with E-state index in [1.165, 1.54) is 0 Å². The van der Waals surface area contributed by atoms with Crippen molar-refractivity contribution in [3.8, 4) is 0 Å². The standard InChI is InChI=1S/C12H19N3O/c1-8-12(5-6-16-8)15(2)9-3-4-10(13)11(14)7-9/h3-4,7-8,12H,5-6,13-14H2,1-2H3. The van der Waals surface area contributed by atoms with E-state index in [0.717, 1.165) is 18.7 Å². The van der Waals surface area contributed by atoms with E-state index in [1.54, 1.807) is 0 Å². The molecule has 1 aliphatic rings. The Hall–Kier alpha value is -1.42. The van der Waals surface area contributed by atoms with E-state index in [9.17, 15) is 0 Å². The van der Waals surface area contributed by atoms with Gasteiger partial charge in [-0.25, -0.2) is 0 Å². The van der Waals surface area contributed by atoms with E-state index in [4.69, 9.17) is 16.2 Å². The fourth-order valence-electron chi connectivity index (χ4n) is 2.20. The Morgan fingerprint density at radius 3 is 2.62 bits per heavy atom. The van der Waals surface area contributed by atoms with Crippen LogP contribution in [0.4, 0.5) is 17.1 Å². The summed E-state index contributed by atoms with van der Waals surface area (Å²) in [4.78, 5) is 2.22. The quantitative estimate of drug-likeness (QED) is 0.742. The fraction of sp³-hybridized carbons (Fsp3) is 0.500. The topological polar surface area (TPSA) is 64.5 Å². The maximum absolute atomic E-state index is 5.81. The minimum atomic E-state index is 0.267. The Kier molecular flexibility index (Phi) is 2.92. The molecule has 2 atom stereocenters. The Morgan fingerprint density at radius 2 is 2.06 bits per heavy atom. The molecule has 1 fully saturated rings. The van der Waals surface area contributed by atoms with Gasteiger partial charge in [0.25, 0.3) is 0 Å². The third kappa shape index (κ3) is 1.93. The van der Waals surface area contributed by atoms with Crippen molar-refractivity contribution in [2.24, 2.45) is 0 Å². The van der Waals surface area contributed by atoms with Crippen molar-refractivity contribution < 1.29 is 4.74 Å². The molecule has 0 radical (unpaired) electrons. The highest BCUT2D eigenvalue weighted by Gasteiger charge is 2.28. The average Bonchev–Trinajstić information content (AvgIpc) is 2.67. The van der Waals surface area contributed by atoms with Gasteiger partial charge in [-0.1, -0.05) is 0 Å². The highest BCUT2D eigenvalue weighted by Crippen LogP contribution is 2.27. The second kappa shape index (κ2) is 4.22. The zero-order valence-electron chi connectivity index (χ0n) is 9.81. The van der Waals surface area contributed by atoms with Crippen molar-refractivity contribution in [2.45, 2.75) is 25.5 Å². The summed E-state index contributed by atoms with van der Waals surface area (Å²) in [6.07, 6.45) is 1.32. The number of rotatable bonds is 2. The summed E-state index contributed by atoms with van der Waals surface area (Å²) < 4.78 is 5.56. The molecule has 16 heavy (non-hydrogen) atoms. The molecule has 0 amide bonds. The number of hydrogen-bond acceptors (Lipinski definition) is 4. The lowest BCUT2D eigenvalue weighted by molar-refractivity contribution is 0.118. The zero-order valence-corrected chi connectivity index (χ0v) is 9.81. The van der Waals surface area contributed by atoms with E-state index in [1.807, 2.05) is 18.2 Å². The summed E-state index contributed by atoms with van der Waals surface area (Å²) in [6.45, 7) is 2.94. The number of hydrogen-bond donors (Lipinski definition) is 2. The van der Waals surface area contributed by atoms with Gasteiger partial charge in [0.2, 0.25) is 0 Å². The summed E-state index contributed by atoms with van der Waals surface area (Å²) in [5.41, 5.74) is 13.9. The van der Waals surface area contributed by atoms with E-state index >= 15 is 0 Å². The highest BCUT2D eigenvalue weighted by molar-refractivity contribution is 5.69. The van der Waals surface area contributed by atoms with Crippen LogP contribution in [-0.4, -0.2) is 25.8 Å². The fourth-order valence-corrected chi connectivity index (χ4v) is 2.20. The van der Waals surface area contributed by atoms with Crippen LogP contribution in [0, 0.1) is 0 Å². The monoisotopic (exact) mass is 221 g/mol. The maximum Gasteiger partial charge on any atom is 0.0750 e. The van der Waals surface area contributed by atoms with Crippen molar-refractivity contribution >= 4 is 17.1 Å². The zero-order chi connectivity index (χ0) is 11.7. The van der Waals surface area contributed by atoms with Gasteiger partial charge >= 0.3 is 0 Å². The molecule has 4 nitrogen and oxygen atoms in total. The summed E-state index contributed by atoms with van der Waals surface area (Å²) in [7, 11) is 2.07. The van der Waals surface area contributed by atoms with Crippen LogP contribution in [0.25, 0.3) is 0 Å². The first kappa shape index (κ1) is 11.1. The van der Waals surface area contributed by atoms with Crippen LogP contribution in [0.5, 0.6) is 0 Å². The Bertz CT molecular complexity index is 381. The summed E-state index contributed by atoms with van der Waals surface area (Å²) in [6, 6.07) is 6.18. The van der Waals surface area contributed by atoms with E-state index in [-0.39, 0.29) is 6.10 Å². The number of nitrogens with two attached hydrogens (primary N) is 2. The molecule has 1 heterocycles. The lowest BCUT2D eigenvalue weighted by atomic mass is 10.1. The minimum absolute atomic E-state index is 0.267. The first-order valence-corrected chi connectivity index (χ1v) is 5.59. The van der Waals surface area contributed by atoms with Gasteiger partial charge in [-0.2, -0.15) is 0 Å². The summed E-state index contributed by atoms with van der Waals surface area (Å²) >= 11 is 0. The van der Waals surface area contributed by atoms with Crippen LogP contribution in [0.3, 0.4) is 0 Å².